The molecule has 1 aromatic heterocycles. The number of nitrogens with one attached hydrogen (secondary N) is 1. The molecule has 2 aromatic rings. The lowest BCUT2D eigenvalue weighted by molar-refractivity contribution is 0.103. The summed E-state index contributed by atoms with van der Waals surface area (Å²) in [7, 11) is 0. The summed E-state index contributed by atoms with van der Waals surface area (Å²) in [5.74, 6) is -0.208. The van der Waals surface area contributed by atoms with Crippen molar-refractivity contribution in [3.05, 3.63) is 51.8 Å². The van der Waals surface area contributed by atoms with Gasteiger partial charge in [-0.1, -0.05) is 23.2 Å². The highest BCUT2D eigenvalue weighted by Crippen LogP contribution is 2.30. The van der Waals surface area contributed by atoms with Crippen molar-refractivity contribution in [1.82, 2.24) is 4.98 Å². The summed E-state index contributed by atoms with van der Waals surface area (Å²) in [5.41, 5.74) is 6.86. The molecule has 3 nitrogen and oxygen atoms in total. The zero-order valence-corrected chi connectivity index (χ0v) is 9.64. The first-order chi connectivity index (χ1) is 7.59. The van der Waals surface area contributed by atoms with Gasteiger partial charge in [-0.25, -0.2) is 0 Å². The summed E-state index contributed by atoms with van der Waals surface area (Å²) < 4.78 is 0. The van der Waals surface area contributed by atoms with Crippen LogP contribution in [-0.2, 0) is 0 Å². The number of halogens is 2. The Morgan fingerprint density at radius 2 is 2.06 bits per heavy atom. The number of benzene rings is 1. The summed E-state index contributed by atoms with van der Waals surface area (Å²) in [6.45, 7) is 0. The van der Waals surface area contributed by atoms with Crippen LogP contribution in [0.4, 0.5) is 5.69 Å². The highest BCUT2D eigenvalue weighted by molar-refractivity contribution is 6.44. The maximum absolute atomic E-state index is 12.0. The van der Waals surface area contributed by atoms with E-state index in [9.17, 15) is 4.79 Å². The van der Waals surface area contributed by atoms with Crippen LogP contribution in [0.5, 0.6) is 0 Å². The number of nitrogens with two attached hydrogens (primary N) is 1. The van der Waals surface area contributed by atoms with Crippen molar-refractivity contribution >= 4 is 34.7 Å². The normalized spacial score (nSPS) is 10.4. The van der Waals surface area contributed by atoms with Crippen molar-refractivity contribution < 1.29 is 4.79 Å². The van der Waals surface area contributed by atoms with E-state index in [2.05, 4.69) is 4.98 Å². The van der Waals surface area contributed by atoms with E-state index in [-0.39, 0.29) is 15.8 Å². The Balaban J connectivity index is 2.52. The molecule has 0 amide bonds. The fourth-order valence-corrected chi connectivity index (χ4v) is 1.82. The predicted octanol–water partition coefficient (Wildman–Crippen LogP) is 3.13. The Morgan fingerprint density at radius 3 is 2.69 bits per heavy atom. The van der Waals surface area contributed by atoms with Crippen LogP contribution in [0.2, 0.25) is 10.0 Å². The maximum atomic E-state index is 12.0. The minimum Gasteiger partial charge on any atom is -0.399 e. The number of carbonyl (C=O) groups is 1. The lowest BCUT2D eigenvalue weighted by Gasteiger charge is -2.05. The van der Waals surface area contributed by atoms with Gasteiger partial charge in [-0.05, 0) is 18.2 Å². The Bertz CT molecular complexity index is 535. The molecule has 0 saturated carbocycles. The maximum Gasteiger partial charge on any atom is 0.196 e. The number of aromatic nitrogens is 1. The zero-order chi connectivity index (χ0) is 11.7. The quantitative estimate of drug-likeness (QED) is 0.639. The second kappa shape index (κ2) is 4.20. The number of rotatable bonds is 2. The van der Waals surface area contributed by atoms with Crippen molar-refractivity contribution in [3.63, 3.8) is 0 Å². The average molecular weight is 255 g/mol. The van der Waals surface area contributed by atoms with E-state index in [0.29, 0.717) is 16.8 Å². The number of H-pyrrole nitrogens is 1. The lowest BCUT2D eigenvalue weighted by Crippen LogP contribution is -2.02. The molecular formula is C11H8Cl2N2O. The van der Waals surface area contributed by atoms with Crippen LogP contribution in [0, 0.1) is 0 Å². The topological polar surface area (TPSA) is 58.9 Å². The van der Waals surface area contributed by atoms with Crippen LogP contribution in [0.15, 0.2) is 30.6 Å². The lowest BCUT2D eigenvalue weighted by atomic mass is 10.1. The number of anilines is 1. The van der Waals surface area contributed by atoms with Gasteiger partial charge in [-0.2, -0.15) is 0 Å². The van der Waals surface area contributed by atoms with E-state index in [1.807, 2.05) is 0 Å². The van der Waals surface area contributed by atoms with Crippen molar-refractivity contribution in [2.24, 2.45) is 0 Å². The summed E-state index contributed by atoms with van der Waals surface area (Å²) in [5, 5.41) is 0.502. The monoisotopic (exact) mass is 254 g/mol. The van der Waals surface area contributed by atoms with Crippen LogP contribution >= 0.6 is 23.2 Å². The predicted molar refractivity (Wildman–Crippen MR) is 65.1 cm³/mol. The van der Waals surface area contributed by atoms with Gasteiger partial charge in [0, 0.05) is 29.2 Å². The van der Waals surface area contributed by atoms with Crippen molar-refractivity contribution in [3.8, 4) is 0 Å². The molecule has 0 aliphatic carbocycles. The fraction of sp³-hybridized carbons (Fsp3) is 0. The molecule has 5 heteroatoms. The zero-order valence-electron chi connectivity index (χ0n) is 8.13. The SMILES string of the molecule is Nc1cc(Cl)c(Cl)c(C(=O)c2cc[nH]c2)c1. The number of aromatic amines is 1. The third kappa shape index (κ3) is 1.92. The molecule has 3 N–H and O–H groups in total. The smallest absolute Gasteiger partial charge is 0.196 e. The van der Waals surface area contributed by atoms with E-state index in [4.69, 9.17) is 28.9 Å². The minimum atomic E-state index is -0.208. The average Bonchev–Trinajstić information content (AvgIpc) is 2.75. The molecule has 1 heterocycles. The molecule has 82 valence electrons. The minimum absolute atomic E-state index is 0.208. The van der Waals surface area contributed by atoms with E-state index in [1.165, 1.54) is 12.1 Å². The Kier molecular flexibility index (Phi) is 2.90. The number of ketones is 1. The molecular weight excluding hydrogens is 247 g/mol. The first-order valence-electron chi connectivity index (χ1n) is 4.51. The molecule has 2 rings (SSSR count). The molecule has 0 unspecified atom stereocenters. The molecule has 16 heavy (non-hydrogen) atoms. The van der Waals surface area contributed by atoms with Crippen LogP contribution in [0.3, 0.4) is 0 Å². The van der Waals surface area contributed by atoms with Gasteiger partial charge >= 0.3 is 0 Å². The van der Waals surface area contributed by atoms with Crippen LogP contribution in [0.1, 0.15) is 15.9 Å². The van der Waals surface area contributed by atoms with Gasteiger partial charge in [-0.15, -0.1) is 0 Å². The highest BCUT2D eigenvalue weighted by atomic mass is 35.5. The highest BCUT2D eigenvalue weighted by Gasteiger charge is 2.16. The Morgan fingerprint density at radius 1 is 1.31 bits per heavy atom. The van der Waals surface area contributed by atoms with E-state index >= 15 is 0 Å². The number of carbonyl (C=O) groups excluding carboxylic acids is 1. The van der Waals surface area contributed by atoms with Gasteiger partial charge < -0.3 is 10.7 Å². The third-order valence-electron chi connectivity index (χ3n) is 2.16. The molecule has 1 aromatic carbocycles. The van der Waals surface area contributed by atoms with Gasteiger partial charge in [0.2, 0.25) is 0 Å². The molecule has 0 spiro atoms. The van der Waals surface area contributed by atoms with E-state index < -0.39 is 0 Å². The second-order valence-electron chi connectivity index (χ2n) is 3.29. The Hall–Kier alpha value is -1.45. The van der Waals surface area contributed by atoms with Crippen molar-refractivity contribution in [2.75, 3.05) is 5.73 Å². The summed E-state index contributed by atoms with van der Waals surface area (Å²) in [6, 6.07) is 4.69. The van der Waals surface area contributed by atoms with Crippen molar-refractivity contribution in [2.45, 2.75) is 0 Å². The van der Waals surface area contributed by atoms with Crippen molar-refractivity contribution in [1.29, 1.82) is 0 Å². The van der Waals surface area contributed by atoms with Gasteiger partial charge in [-0.3, -0.25) is 4.79 Å². The van der Waals surface area contributed by atoms with E-state index in [0.717, 1.165) is 0 Å². The fourth-order valence-electron chi connectivity index (χ4n) is 1.40. The first-order valence-corrected chi connectivity index (χ1v) is 5.27. The number of nitrogen functional groups attached to an aromatic ring is 1. The van der Waals surface area contributed by atoms with Gasteiger partial charge in [0.05, 0.1) is 10.0 Å². The number of hydrogen-bond acceptors (Lipinski definition) is 2. The summed E-state index contributed by atoms with van der Waals surface area (Å²) in [6.07, 6.45) is 3.25. The Labute approximate surface area is 102 Å². The standard InChI is InChI=1S/C11H8Cl2N2O/c12-9-4-7(14)3-8(10(9)13)11(16)6-1-2-15-5-6/h1-5,15H,14H2. The van der Waals surface area contributed by atoms with Gasteiger partial charge in [0.25, 0.3) is 0 Å². The van der Waals surface area contributed by atoms with Crippen LogP contribution in [0.25, 0.3) is 0 Å². The second-order valence-corrected chi connectivity index (χ2v) is 4.08. The summed E-state index contributed by atoms with van der Waals surface area (Å²) in [4.78, 5) is 14.8. The molecule has 0 aliphatic heterocycles. The summed E-state index contributed by atoms with van der Waals surface area (Å²) >= 11 is 11.8. The van der Waals surface area contributed by atoms with E-state index in [1.54, 1.807) is 18.5 Å². The van der Waals surface area contributed by atoms with Gasteiger partial charge in [0.1, 0.15) is 0 Å². The molecule has 0 saturated heterocycles. The van der Waals surface area contributed by atoms with Crippen LogP contribution in [-0.4, -0.2) is 10.8 Å². The third-order valence-corrected chi connectivity index (χ3v) is 2.96. The number of hydrogen-bond donors (Lipinski definition) is 2. The van der Waals surface area contributed by atoms with Crippen LogP contribution < -0.4 is 5.73 Å². The first kappa shape index (κ1) is 11.0. The molecule has 0 aliphatic rings. The molecule has 0 radical (unpaired) electrons. The van der Waals surface area contributed by atoms with Gasteiger partial charge in [0.15, 0.2) is 5.78 Å². The molecule has 0 atom stereocenters. The molecule has 0 fully saturated rings. The molecule has 0 bridgehead atoms. The largest absolute Gasteiger partial charge is 0.399 e.